The molecular formula is C40H36N2O2S. The number of fused-ring (bicyclic) bond motifs is 3. The summed E-state index contributed by atoms with van der Waals surface area (Å²) in [5.41, 5.74) is 7.50. The SMILES string of the molecule is CC(C)(C)c1ccc(O)c(C=Nc2c(-c3nc4c(-c5cc6ccccc6o5)cc(C(C)(C)C)cc4s3)ccc3ccccc23)c1. The second-order valence-electron chi connectivity index (χ2n) is 13.8. The number of phenolic OH excluding ortho intramolecular Hbond substituents is 1. The van der Waals surface area contributed by atoms with Gasteiger partial charge in [-0.05, 0) is 69.8 Å². The topological polar surface area (TPSA) is 58.6 Å². The van der Waals surface area contributed by atoms with Crippen molar-refractivity contribution in [1.29, 1.82) is 0 Å². The van der Waals surface area contributed by atoms with Crippen LogP contribution in [0.4, 0.5) is 5.69 Å². The largest absolute Gasteiger partial charge is 0.507 e. The molecule has 0 spiro atoms. The van der Waals surface area contributed by atoms with E-state index in [1.54, 1.807) is 23.6 Å². The van der Waals surface area contributed by atoms with Crippen LogP contribution < -0.4 is 0 Å². The summed E-state index contributed by atoms with van der Waals surface area (Å²) in [5, 5.41) is 14.8. The van der Waals surface area contributed by atoms with E-state index in [1.165, 1.54) is 5.56 Å². The molecule has 0 atom stereocenters. The van der Waals surface area contributed by atoms with Crippen molar-refractivity contribution in [3.05, 3.63) is 114 Å². The molecule has 1 N–H and O–H groups in total. The van der Waals surface area contributed by atoms with Gasteiger partial charge in [0.25, 0.3) is 0 Å². The predicted octanol–water partition coefficient (Wildman–Crippen LogP) is 11.6. The fourth-order valence-electron chi connectivity index (χ4n) is 5.71. The Morgan fingerprint density at radius 3 is 2.22 bits per heavy atom. The van der Waals surface area contributed by atoms with Crippen molar-refractivity contribution in [2.45, 2.75) is 52.4 Å². The molecule has 45 heavy (non-hydrogen) atoms. The fourth-order valence-corrected chi connectivity index (χ4v) is 6.76. The molecule has 2 heterocycles. The maximum absolute atomic E-state index is 10.7. The molecule has 5 aromatic carbocycles. The molecule has 224 valence electrons. The number of nitrogens with zero attached hydrogens (tertiary/aromatic N) is 2. The molecule has 7 aromatic rings. The first-order chi connectivity index (χ1) is 21.5. The molecular weight excluding hydrogens is 573 g/mol. The van der Waals surface area contributed by atoms with Gasteiger partial charge in [0.05, 0.1) is 15.9 Å². The number of aliphatic imine (C=N–C) groups is 1. The first kappa shape index (κ1) is 29.0. The van der Waals surface area contributed by atoms with Gasteiger partial charge < -0.3 is 9.52 Å². The van der Waals surface area contributed by atoms with Crippen molar-refractivity contribution in [1.82, 2.24) is 4.98 Å². The lowest BCUT2D eigenvalue weighted by Gasteiger charge is -2.19. The Bertz CT molecular complexity index is 2220. The van der Waals surface area contributed by atoms with Crippen LogP contribution in [0.15, 0.2) is 106 Å². The van der Waals surface area contributed by atoms with E-state index >= 15 is 0 Å². The predicted molar refractivity (Wildman–Crippen MR) is 191 cm³/mol. The standard InChI is InChI=1S/C40H36N2O2S/c1-39(2,3)27-16-18-32(43)26(19-27)23-41-36-29-13-9-7-11-24(29)15-17-30(36)38-42-37-31(21-28(40(4,5)6)22-35(37)45-38)34-20-25-12-8-10-14-33(25)44-34/h7-23,43H,1-6H3. The lowest BCUT2D eigenvalue weighted by Crippen LogP contribution is -2.11. The van der Waals surface area contributed by atoms with Crippen LogP contribution in [0.3, 0.4) is 0 Å². The first-order valence-corrected chi connectivity index (χ1v) is 16.1. The van der Waals surface area contributed by atoms with Crippen molar-refractivity contribution < 1.29 is 9.52 Å². The molecule has 0 fully saturated rings. The van der Waals surface area contributed by atoms with E-state index in [1.807, 2.05) is 42.5 Å². The first-order valence-electron chi connectivity index (χ1n) is 15.3. The smallest absolute Gasteiger partial charge is 0.137 e. The molecule has 5 heteroatoms. The van der Waals surface area contributed by atoms with E-state index in [2.05, 4.69) is 90.1 Å². The van der Waals surface area contributed by atoms with Gasteiger partial charge in [0, 0.05) is 33.7 Å². The van der Waals surface area contributed by atoms with Crippen LogP contribution in [0.5, 0.6) is 5.75 Å². The summed E-state index contributed by atoms with van der Waals surface area (Å²) in [4.78, 5) is 10.3. The fraction of sp³-hybridized carbons (Fsp3) is 0.200. The summed E-state index contributed by atoms with van der Waals surface area (Å²) in [7, 11) is 0. The zero-order chi connectivity index (χ0) is 31.5. The van der Waals surface area contributed by atoms with Crippen LogP contribution in [-0.4, -0.2) is 16.3 Å². The number of phenols is 1. The van der Waals surface area contributed by atoms with Gasteiger partial charge >= 0.3 is 0 Å². The van der Waals surface area contributed by atoms with E-state index in [-0.39, 0.29) is 16.6 Å². The van der Waals surface area contributed by atoms with E-state index in [9.17, 15) is 5.11 Å². The summed E-state index contributed by atoms with van der Waals surface area (Å²) in [6, 6.07) is 33.0. The van der Waals surface area contributed by atoms with E-state index in [0.717, 1.165) is 65.1 Å². The summed E-state index contributed by atoms with van der Waals surface area (Å²) >= 11 is 1.67. The number of aromatic hydroxyl groups is 1. The van der Waals surface area contributed by atoms with Crippen LogP contribution in [-0.2, 0) is 10.8 Å². The van der Waals surface area contributed by atoms with Crippen molar-refractivity contribution in [3.8, 4) is 27.6 Å². The minimum Gasteiger partial charge on any atom is -0.507 e. The zero-order valence-corrected chi connectivity index (χ0v) is 27.3. The van der Waals surface area contributed by atoms with Crippen molar-refractivity contribution in [2.24, 2.45) is 4.99 Å². The molecule has 7 rings (SSSR count). The maximum Gasteiger partial charge on any atom is 0.137 e. The van der Waals surface area contributed by atoms with Gasteiger partial charge in [0.2, 0.25) is 0 Å². The van der Waals surface area contributed by atoms with Crippen LogP contribution in [0, 0.1) is 0 Å². The monoisotopic (exact) mass is 608 g/mol. The zero-order valence-electron chi connectivity index (χ0n) is 26.5. The number of hydrogen-bond acceptors (Lipinski definition) is 5. The molecule has 0 aliphatic carbocycles. The number of para-hydroxylation sites is 1. The highest BCUT2D eigenvalue weighted by Crippen LogP contribution is 2.44. The molecule has 0 amide bonds. The van der Waals surface area contributed by atoms with E-state index < -0.39 is 0 Å². The minimum absolute atomic E-state index is 0.0503. The normalized spacial score (nSPS) is 12.7. The van der Waals surface area contributed by atoms with Gasteiger partial charge in [-0.15, -0.1) is 11.3 Å². The number of benzene rings is 5. The Hall–Kier alpha value is -4.74. The van der Waals surface area contributed by atoms with Crippen molar-refractivity contribution in [3.63, 3.8) is 0 Å². The molecule has 4 nitrogen and oxygen atoms in total. The third kappa shape index (κ3) is 5.42. The molecule has 0 saturated heterocycles. The third-order valence-electron chi connectivity index (χ3n) is 8.41. The average Bonchev–Trinajstić information content (AvgIpc) is 3.63. The van der Waals surface area contributed by atoms with E-state index in [0.29, 0.717) is 5.56 Å². The average molecular weight is 609 g/mol. The Balaban J connectivity index is 1.43. The van der Waals surface area contributed by atoms with Crippen molar-refractivity contribution >= 4 is 55.2 Å². The Morgan fingerprint density at radius 2 is 1.47 bits per heavy atom. The Kier molecular flexibility index (Phi) is 6.90. The van der Waals surface area contributed by atoms with Gasteiger partial charge in [0.1, 0.15) is 22.1 Å². The van der Waals surface area contributed by atoms with Gasteiger partial charge in [-0.3, -0.25) is 4.99 Å². The third-order valence-corrected chi connectivity index (χ3v) is 9.44. The molecule has 0 unspecified atom stereocenters. The Morgan fingerprint density at radius 1 is 0.733 bits per heavy atom. The lowest BCUT2D eigenvalue weighted by atomic mass is 9.85. The highest BCUT2D eigenvalue weighted by Gasteiger charge is 2.22. The molecule has 0 bridgehead atoms. The highest BCUT2D eigenvalue weighted by atomic mass is 32.1. The molecule has 0 aliphatic rings. The van der Waals surface area contributed by atoms with Gasteiger partial charge in [-0.1, -0.05) is 96.1 Å². The second kappa shape index (κ2) is 10.7. The van der Waals surface area contributed by atoms with Crippen molar-refractivity contribution in [2.75, 3.05) is 0 Å². The van der Waals surface area contributed by atoms with Crippen LogP contribution >= 0.6 is 11.3 Å². The van der Waals surface area contributed by atoms with Gasteiger partial charge in [-0.2, -0.15) is 0 Å². The second-order valence-corrected chi connectivity index (χ2v) is 14.8. The number of hydrogen-bond donors (Lipinski definition) is 1. The summed E-state index contributed by atoms with van der Waals surface area (Å²) < 4.78 is 7.48. The quantitative estimate of drug-likeness (QED) is 0.202. The maximum atomic E-state index is 10.7. The number of furan rings is 1. The van der Waals surface area contributed by atoms with Gasteiger partial charge in [0.15, 0.2) is 0 Å². The number of rotatable bonds is 4. The molecule has 0 radical (unpaired) electrons. The van der Waals surface area contributed by atoms with Gasteiger partial charge in [-0.25, -0.2) is 4.98 Å². The van der Waals surface area contributed by atoms with Crippen LogP contribution in [0.1, 0.15) is 58.2 Å². The summed E-state index contributed by atoms with van der Waals surface area (Å²) in [5.74, 6) is 1.02. The summed E-state index contributed by atoms with van der Waals surface area (Å²) in [6.45, 7) is 13.2. The molecule has 2 aromatic heterocycles. The Labute approximate surface area is 267 Å². The molecule has 0 aliphatic heterocycles. The van der Waals surface area contributed by atoms with Crippen LogP contribution in [0.2, 0.25) is 0 Å². The van der Waals surface area contributed by atoms with Crippen LogP contribution in [0.25, 0.3) is 53.9 Å². The minimum atomic E-state index is -0.0545. The highest BCUT2D eigenvalue weighted by molar-refractivity contribution is 7.21. The van der Waals surface area contributed by atoms with E-state index in [4.69, 9.17) is 14.4 Å². The summed E-state index contributed by atoms with van der Waals surface area (Å²) in [6.07, 6.45) is 1.78. The number of aromatic nitrogens is 1. The molecule has 0 saturated carbocycles. The number of thiazole rings is 1. The lowest BCUT2D eigenvalue weighted by molar-refractivity contribution is 0.473.